The van der Waals surface area contributed by atoms with E-state index in [-0.39, 0.29) is 12.2 Å². The molecule has 1 aromatic carbocycles. The minimum absolute atomic E-state index is 0.00183. The molecule has 0 unspecified atom stereocenters. The van der Waals surface area contributed by atoms with Gasteiger partial charge in [-0.1, -0.05) is 11.3 Å². The predicted octanol–water partition coefficient (Wildman–Crippen LogP) is 1.42. The topological polar surface area (TPSA) is 68.0 Å². The third-order valence-electron chi connectivity index (χ3n) is 2.21. The summed E-state index contributed by atoms with van der Waals surface area (Å²) in [5, 5.41) is 16.2. The van der Waals surface area contributed by atoms with E-state index in [9.17, 15) is 9.18 Å². The quantitative estimate of drug-likeness (QED) is 0.870. The number of hydrogen-bond donors (Lipinski definition) is 1. The Balaban J connectivity index is 2.15. The molecule has 1 aromatic heterocycles. The molecule has 0 aliphatic carbocycles. The largest absolute Gasteiger partial charge is 0.481 e. The number of carbonyl (C=O) groups is 1. The average Bonchev–Trinajstić information content (AvgIpc) is 2.75. The summed E-state index contributed by atoms with van der Waals surface area (Å²) in [5.41, 5.74) is 1.12. The van der Waals surface area contributed by atoms with Gasteiger partial charge in [0.2, 0.25) is 0 Å². The molecule has 0 aliphatic rings. The van der Waals surface area contributed by atoms with Crippen LogP contribution >= 0.6 is 0 Å². The first-order valence-electron chi connectivity index (χ1n) is 5.04. The van der Waals surface area contributed by atoms with Crippen LogP contribution in [0.25, 0.3) is 5.69 Å². The molecule has 1 N–H and O–H groups in total. The second-order valence-electron chi connectivity index (χ2n) is 3.53. The number of nitrogens with zero attached hydrogens (tertiary/aromatic N) is 3. The van der Waals surface area contributed by atoms with E-state index < -0.39 is 5.97 Å². The molecule has 2 rings (SSSR count). The number of hydrogen-bond acceptors (Lipinski definition) is 3. The number of aryl methyl sites for hydroxylation is 1. The zero-order chi connectivity index (χ0) is 12.3. The second-order valence-corrected chi connectivity index (χ2v) is 3.53. The van der Waals surface area contributed by atoms with Crippen molar-refractivity contribution in [3.63, 3.8) is 0 Å². The maximum Gasteiger partial charge on any atom is 0.303 e. The van der Waals surface area contributed by atoms with Gasteiger partial charge in [0.05, 0.1) is 24.0 Å². The van der Waals surface area contributed by atoms with Gasteiger partial charge in [-0.2, -0.15) is 0 Å². The van der Waals surface area contributed by atoms with Gasteiger partial charge in [-0.05, 0) is 18.2 Å². The Hall–Kier alpha value is -2.24. The number of aliphatic carboxylic acids is 1. The fourth-order valence-electron chi connectivity index (χ4n) is 1.39. The standard InChI is InChI=1S/C11H10FN3O2/c12-8-2-1-3-10(6-8)15-7-9(13-14-15)4-5-11(16)17/h1-3,6-7H,4-5H2,(H,16,17). The lowest BCUT2D eigenvalue weighted by Crippen LogP contribution is -1.97. The first-order valence-corrected chi connectivity index (χ1v) is 5.04. The molecule has 0 atom stereocenters. The van der Waals surface area contributed by atoms with Gasteiger partial charge in [-0.15, -0.1) is 5.10 Å². The molecule has 17 heavy (non-hydrogen) atoms. The molecule has 0 bridgehead atoms. The lowest BCUT2D eigenvalue weighted by molar-refractivity contribution is -0.136. The van der Waals surface area contributed by atoms with Crippen molar-refractivity contribution >= 4 is 5.97 Å². The maximum atomic E-state index is 13.0. The highest BCUT2D eigenvalue weighted by Gasteiger charge is 2.05. The minimum Gasteiger partial charge on any atom is -0.481 e. The summed E-state index contributed by atoms with van der Waals surface area (Å²) in [6.45, 7) is 0. The average molecular weight is 235 g/mol. The highest BCUT2D eigenvalue weighted by molar-refractivity contribution is 5.66. The van der Waals surface area contributed by atoms with Crippen molar-refractivity contribution in [2.45, 2.75) is 12.8 Å². The Morgan fingerprint density at radius 3 is 3.00 bits per heavy atom. The van der Waals surface area contributed by atoms with Crippen LogP contribution in [0, 0.1) is 5.82 Å². The van der Waals surface area contributed by atoms with Gasteiger partial charge in [0.25, 0.3) is 0 Å². The first-order chi connectivity index (χ1) is 8.15. The van der Waals surface area contributed by atoms with Crippen molar-refractivity contribution in [1.29, 1.82) is 0 Å². The molecule has 0 radical (unpaired) electrons. The molecule has 0 aliphatic heterocycles. The zero-order valence-corrected chi connectivity index (χ0v) is 8.88. The third kappa shape index (κ3) is 2.87. The molecular formula is C11H10FN3O2. The Bertz CT molecular complexity index is 539. The van der Waals surface area contributed by atoms with E-state index >= 15 is 0 Å². The Morgan fingerprint density at radius 2 is 2.29 bits per heavy atom. The number of carboxylic acid groups (broad SMARTS) is 1. The van der Waals surface area contributed by atoms with Crippen LogP contribution < -0.4 is 0 Å². The molecule has 0 fully saturated rings. The lowest BCUT2D eigenvalue weighted by atomic mass is 10.2. The van der Waals surface area contributed by atoms with Gasteiger partial charge in [-0.3, -0.25) is 4.79 Å². The summed E-state index contributed by atoms with van der Waals surface area (Å²) >= 11 is 0. The molecule has 0 saturated carbocycles. The molecule has 88 valence electrons. The van der Waals surface area contributed by atoms with Gasteiger partial charge in [0.1, 0.15) is 5.82 Å². The second kappa shape index (κ2) is 4.73. The fraction of sp³-hybridized carbons (Fsp3) is 0.182. The minimum atomic E-state index is -0.884. The highest BCUT2D eigenvalue weighted by atomic mass is 19.1. The van der Waals surface area contributed by atoms with Crippen molar-refractivity contribution in [3.8, 4) is 5.69 Å². The van der Waals surface area contributed by atoms with Crippen LogP contribution in [0.4, 0.5) is 4.39 Å². The van der Waals surface area contributed by atoms with E-state index in [1.165, 1.54) is 16.8 Å². The van der Waals surface area contributed by atoms with Crippen LogP contribution in [0.15, 0.2) is 30.5 Å². The summed E-state index contributed by atoms with van der Waals surface area (Å²) < 4.78 is 14.4. The van der Waals surface area contributed by atoms with E-state index in [0.29, 0.717) is 17.8 Å². The molecule has 0 saturated heterocycles. The Morgan fingerprint density at radius 1 is 1.47 bits per heavy atom. The SMILES string of the molecule is O=C(O)CCc1cn(-c2cccc(F)c2)nn1. The van der Waals surface area contributed by atoms with Gasteiger partial charge < -0.3 is 5.11 Å². The zero-order valence-electron chi connectivity index (χ0n) is 8.88. The number of rotatable bonds is 4. The van der Waals surface area contributed by atoms with Gasteiger partial charge in [-0.25, -0.2) is 9.07 Å². The number of halogens is 1. The highest BCUT2D eigenvalue weighted by Crippen LogP contribution is 2.09. The fourth-order valence-corrected chi connectivity index (χ4v) is 1.39. The van der Waals surface area contributed by atoms with E-state index in [1.54, 1.807) is 18.3 Å². The van der Waals surface area contributed by atoms with Crippen LogP contribution in [-0.4, -0.2) is 26.1 Å². The monoisotopic (exact) mass is 235 g/mol. The molecule has 5 nitrogen and oxygen atoms in total. The number of benzene rings is 1. The van der Waals surface area contributed by atoms with E-state index in [0.717, 1.165) is 0 Å². The van der Waals surface area contributed by atoms with Crippen molar-refractivity contribution in [2.75, 3.05) is 0 Å². The van der Waals surface area contributed by atoms with Gasteiger partial charge in [0, 0.05) is 6.42 Å². The first kappa shape index (κ1) is 11.3. The predicted molar refractivity (Wildman–Crippen MR) is 57.3 cm³/mol. The van der Waals surface area contributed by atoms with Crippen molar-refractivity contribution < 1.29 is 14.3 Å². The van der Waals surface area contributed by atoms with Gasteiger partial charge >= 0.3 is 5.97 Å². The number of carboxylic acids is 1. The van der Waals surface area contributed by atoms with E-state index in [2.05, 4.69) is 10.3 Å². The Labute approximate surface area is 96.5 Å². The van der Waals surface area contributed by atoms with Crippen LogP contribution in [0.1, 0.15) is 12.1 Å². The molecule has 2 aromatic rings. The molecule has 0 spiro atoms. The van der Waals surface area contributed by atoms with Crippen molar-refractivity contribution in [1.82, 2.24) is 15.0 Å². The van der Waals surface area contributed by atoms with Crippen molar-refractivity contribution in [2.24, 2.45) is 0 Å². The van der Waals surface area contributed by atoms with E-state index in [4.69, 9.17) is 5.11 Å². The summed E-state index contributed by atoms with van der Waals surface area (Å²) in [5.74, 6) is -1.24. The molecular weight excluding hydrogens is 225 g/mol. The molecule has 1 heterocycles. The third-order valence-corrected chi connectivity index (χ3v) is 2.21. The summed E-state index contributed by atoms with van der Waals surface area (Å²) in [6, 6.07) is 5.93. The summed E-state index contributed by atoms with van der Waals surface area (Å²) in [6.07, 6.45) is 1.91. The van der Waals surface area contributed by atoms with Crippen LogP contribution in [0.3, 0.4) is 0 Å². The molecule has 0 amide bonds. The smallest absolute Gasteiger partial charge is 0.303 e. The normalized spacial score (nSPS) is 10.4. The summed E-state index contributed by atoms with van der Waals surface area (Å²) in [4.78, 5) is 10.4. The van der Waals surface area contributed by atoms with Crippen molar-refractivity contribution in [3.05, 3.63) is 42.0 Å². The summed E-state index contributed by atoms with van der Waals surface area (Å²) in [7, 11) is 0. The van der Waals surface area contributed by atoms with Crippen LogP contribution in [0.5, 0.6) is 0 Å². The molecule has 6 heteroatoms. The lowest BCUT2D eigenvalue weighted by Gasteiger charge is -1.98. The maximum absolute atomic E-state index is 13.0. The Kier molecular flexibility index (Phi) is 3.13. The van der Waals surface area contributed by atoms with Crippen LogP contribution in [-0.2, 0) is 11.2 Å². The van der Waals surface area contributed by atoms with E-state index in [1.807, 2.05) is 0 Å². The van der Waals surface area contributed by atoms with Crippen LogP contribution in [0.2, 0.25) is 0 Å². The number of aromatic nitrogens is 3. The van der Waals surface area contributed by atoms with Gasteiger partial charge in [0.15, 0.2) is 0 Å².